The number of hydrogen-bond acceptors (Lipinski definition) is 2. The molecule has 0 radical (unpaired) electrons. The highest BCUT2D eigenvalue weighted by Crippen LogP contribution is 2.30. The molecular weight excluding hydrogens is 224 g/mol. The van der Waals surface area contributed by atoms with Crippen LogP contribution in [0.15, 0.2) is 0 Å². The van der Waals surface area contributed by atoms with Gasteiger partial charge in [0.2, 0.25) is 5.91 Å². The van der Waals surface area contributed by atoms with Gasteiger partial charge in [0.05, 0.1) is 0 Å². The Balaban J connectivity index is 1.91. The maximum absolute atomic E-state index is 12.4. The van der Waals surface area contributed by atoms with Crippen LogP contribution in [0, 0.1) is 11.8 Å². The van der Waals surface area contributed by atoms with Crippen LogP contribution >= 0.6 is 0 Å². The van der Waals surface area contributed by atoms with Crippen LogP contribution in [-0.4, -0.2) is 36.5 Å². The van der Waals surface area contributed by atoms with Gasteiger partial charge in [0.1, 0.15) is 0 Å². The Kier molecular flexibility index (Phi) is 5.04. The molecule has 2 heterocycles. The highest BCUT2D eigenvalue weighted by Gasteiger charge is 2.35. The molecule has 2 saturated heterocycles. The molecule has 2 aliphatic rings. The lowest BCUT2D eigenvalue weighted by molar-refractivity contribution is -0.134. The van der Waals surface area contributed by atoms with E-state index in [4.69, 9.17) is 0 Å². The highest BCUT2D eigenvalue weighted by atomic mass is 16.2. The standard InChI is InChI=1S/C15H28N2O/c1-3-12(2)11-15(18)17-10-4-5-14(17)13-6-8-16-9-7-13/h12-14,16H,3-11H2,1-2H3. The molecule has 2 atom stereocenters. The van der Waals surface area contributed by atoms with Gasteiger partial charge in [-0.3, -0.25) is 4.79 Å². The maximum Gasteiger partial charge on any atom is 0.223 e. The Morgan fingerprint density at radius 1 is 1.33 bits per heavy atom. The summed E-state index contributed by atoms with van der Waals surface area (Å²) in [5.41, 5.74) is 0. The summed E-state index contributed by atoms with van der Waals surface area (Å²) in [6.45, 7) is 7.63. The van der Waals surface area contributed by atoms with Gasteiger partial charge in [-0.1, -0.05) is 20.3 Å². The Morgan fingerprint density at radius 2 is 2.06 bits per heavy atom. The molecule has 0 aromatic rings. The fraction of sp³-hybridized carbons (Fsp3) is 0.933. The second-order valence-corrected chi connectivity index (χ2v) is 6.10. The summed E-state index contributed by atoms with van der Waals surface area (Å²) < 4.78 is 0. The van der Waals surface area contributed by atoms with Gasteiger partial charge >= 0.3 is 0 Å². The molecule has 2 rings (SSSR count). The summed E-state index contributed by atoms with van der Waals surface area (Å²) in [7, 11) is 0. The zero-order chi connectivity index (χ0) is 13.0. The van der Waals surface area contributed by atoms with Gasteiger partial charge in [0, 0.05) is 19.0 Å². The van der Waals surface area contributed by atoms with Gasteiger partial charge in [-0.05, 0) is 50.6 Å². The molecule has 2 fully saturated rings. The molecule has 2 unspecified atom stereocenters. The Hall–Kier alpha value is -0.570. The van der Waals surface area contributed by atoms with Crippen molar-refractivity contribution in [2.45, 2.75) is 58.4 Å². The van der Waals surface area contributed by atoms with E-state index in [1.807, 2.05) is 0 Å². The van der Waals surface area contributed by atoms with E-state index in [9.17, 15) is 4.79 Å². The van der Waals surface area contributed by atoms with Gasteiger partial charge in [-0.15, -0.1) is 0 Å². The molecule has 0 aliphatic carbocycles. The van der Waals surface area contributed by atoms with Crippen molar-refractivity contribution in [3.8, 4) is 0 Å². The first kappa shape index (κ1) is 13.9. The number of nitrogens with one attached hydrogen (secondary N) is 1. The fourth-order valence-electron chi connectivity index (χ4n) is 3.38. The van der Waals surface area contributed by atoms with Crippen molar-refractivity contribution >= 4 is 5.91 Å². The SMILES string of the molecule is CCC(C)CC(=O)N1CCCC1C1CCNCC1. The quantitative estimate of drug-likeness (QED) is 0.833. The maximum atomic E-state index is 12.4. The monoisotopic (exact) mass is 252 g/mol. The van der Waals surface area contributed by atoms with Crippen molar-refractivity contribution in [2.24, 2.45) is 11.8 Å². The largest absolute Gasteiger partial charge is 0.339 e. The summed E-state index contributed by atoms with van der Waals surface area (Å²) in [4.78, 5) is 14.6. The van der Waals surface area contributed by atoms with Crippen molar-refractivity contribution in [1.29, 1.82) is 0 Å². The predicted octanol–water partition coefficient (Wildman–Crippen LogP) is 2.41. The van der Waals surface area contributed by atoms with E-state index < -0.39 is 0 Å². The Bertz CT molecular complexity index is 274. The van der Waals surface area contributed by atoms with Crippen molar-refractivity contribution < 1.29 is 4.79 Å². The number of hydrogen-bond donors (Lipinski definition) is 1. The number of rotatable bonds is 4. The van der Waals surface area contributed by atoms with Gasteiger partial charge in [-0.25, -0.2) is 0 Å². The number of carbonyl (C=O) groups is 1. The minimum atomic E-state index is 0.408. The summed E-state index contributed by atoms with van der Waals surface area (Å²) >= 11 is 0. The topological polar surface area (TPSA) is 32.3 Å². The van der Waals surface area contributed by atoms with Crippen LogP contribution in [0.2, 0.25) is 0 Å². The van der Waals surface area contributed by atoms with Crippen molar-refractivity contribution in [1.82, 2.24) is 10.2 Å². The van der Waals surface area contributed by atoms with Crippen LogP contribution in [0.5, 0.6) is 0 Å². The van der Waals surface area contributed by atoms with Gasteiger partial charge < -0.3 is 10.2 Å². The van der Waals surface area contributed by atoms with Gasteiger partial charge in [0.15, 0.2) is 0 Å². The normalized spacial score (nSPS) is 27.4. The molecule has 18 heavy (non-hydrogen) atoms. The fourth-order valence-corrected chi connectivity index (χ4v) is 3.38. The molecule has 3 nitrogen and oxygen atoms in total. The summed E-state index contributed by atoms with van der Waals surface area (Å²) in [5.74, 6) is 1.69. The molecule has 1 amide bonds. The number of nitrogens with zero attached hydrogens (tertiary/aromatic N) is 1. The molecule has 0 bridgehead atoms. The molecule has 0 aromatic carbocycles. The zero-order valence-electron chi connectivity index (χ0n) is 12.0. The molecule has 0 spiro atoms. The molecule has 0 saturated carbocycles. The van der Waals surface area contributed by atoms with Crippen LogP contribution in [0.25, 0.3) is 0 Å². The minimum Gasteiger partial charge on any atom is -0.339 e. The summed E-state index contributed by atoms with van der Waals surface area (Å²) in [6, 6.07) is 0.545. The smallest absolute Gasteiger partial charge is 0.223 e. The lowest BCUT2D eigenvalue weighted by Gasteiger charge is -2.34. The van der Waals surface area contributed by atoms with Gasteiger partial charge in [-0.2, -0.15) is 0 Å². The van der Waals surface area contributed by atoms with E-state index in [1.165, 1.54) is 25.7 Å². The van der Waals surface area contributed by atoms with E-state index in [-0.39, 0.29) is 0 Å². The summed E-state index contributed by atoms with van der Waals surface area (Å²) in [5, 5.41) is 3.42. The Labute approximate surface area is 111 Å². The summed E-state index contributed by atoms with van der Waals surface area (Å²) in [6.07, 6.45) is 6.79. The van der Waals surface area contributed by atoms with Crippen LogP contribution in [0.1, 0.15) is 52.4 Å². The first-order chi connectivity index (χ1) is 8.72. The molecule has 1 N–H and O–H groups in total. The third kappa shape index (κ3) is 3.25. The average Bonchev–Trinajstić information content (AvgIpc) is 2.88. The molecule has 0 aromatic heterocycles. The number of likely N-dealkylation sites (tertiary alicyclic amines) is 1. The highest BCUT2D eigenvalue weighted by molar-refractivity contribution is 5.77. The van der Waals surface area contributed by atoms with Crippen LogP contribution in [0.3, 0.4) is 0 Å². The predicted molar refractivity (Wildman–Crippen MR) is 74.4 cm³/mol. The van der Waals surface area contributed by atoms with Gasteiger partial charge in [0.25, 0.3) is 0 Å². The first-order valence-corrected chi connectivity index (χ1v) is 7.72. The van der Waals surface area contributed by atoms with Crippen molar-refractivity contribution in [3.63, 3.8) is 0 Å². The van der Waals surface area contributed by atoms with E-state index >= 15 is 0 Å². The van der Waals surface area contributed by atoms with Crippen LogP contribution in [-0.2, 0) is 4.79 Å². The van der Waals surface area contributed by atoms with Crippen molar-refractivity contribution in [2.75, 3.05) is 19.6 Å². The molecule has 3 heteroatoms. The van der Waals surface area contributed by atoms with E-state index in [1.54, 1.807) is 0 Å². The number of amides is 1. The third-order valence-corrected chi connectivity index (χ3v) is 4.77. The Morgan fingerprint density at radius 3 is 2.72 bits per heavy atom. The third-order valence-electron chi connectivity index (χ3n) is 4.77. The molecule has 104 valence electrons. The number of carbonyl (C=O) groups excluding carboxylic acids is 1. The molecular formula is C15H28N2O. The van der Waals surface area contributed by atoms with E-state index in [2.05, 4.69) is 24.1 Å². The average molecular weight is 252 g/mol. The lowest BCUT2D eigenvalue weighted by atomic mass is 9.88. The van der Waals surface area contributed by atoms with E-state index in [0.29, 0.717) is 17.9 Å². The second kappa shape index (κ2) is 6.55. The van der Waals surface area contributed by atoms with E-state index in [0.717, 1.165) is 38.4 Å². The lowest BCUT2D eigenvalue weighted by Crippen LogP contribution is -2.44. The first-order valence-electron chi connectivity index (χ1n) is 7.72. The zero-order valence-corrected chi connectivity index (χ0v) is 12.0. The van der Waals surface area contributed by atoms with Crippen molar-refractivity contribution in [3.05, 3.63) is 0 Å². The van der Waals surface area contributed by atoms with Crippen LogP contribution < -0.4 is 5.32 Å². The second-order valence-electron chi connectivity index (χ2n) is 6.10. The van der Waals surface area contributed by atoms with Crippen LogP contribution in [0.4, 0.5) is 0 Å². The number of piperidine rings is 1. The molecule has 2 aliphatic heterocycles. The minimum absolute atomic E-state index is 0.408.